The van der Waals surface area contributed by atoms with Gasteiger partial charge in [-0.05, 0) is 37.1 Å². The zero-order valence-electron chi connectivity index (χ0n) is 15.4. The zero-order chi connectivity index (χ0) is 19.6. The summed E-state index contributed by atoms with van der Waals surface area (Å²) in [6.45, 7) is 1.90. The van der Waals surface area contributed by atoms with Crippen LogP contribution in [-0.2, 0) is 4.79 Å². The number of hydrogen-bond donors (Lipinski definition) is 2. The average molecular weight is 389 g/mol. The van der Waals surface area contributed by atoms with Gasteiger partial charge >= 0.3 is 0 Å². The lowest BCUT2D eigenvalue weighted by Gasteiger charge is -2.17. The van der Waals surface area contributed by atoms with Crippen molar-refractivity contribution in [3.8, 4) is 11.5 Å². The molecule has 7 heteroatoms. The van der Waals surface area contributed by atoms with E-state index in [1.54, 1.807) is 36.4 Å². The van der Waals surface area contributed by atoms with E-state index < -0.39 is 0 Å². The lowest BCUT2D eigenvalue weighted by atomic mass is 10.1. The fraction of sp³-hybridized carbons (Fsp3) is 0.300. The molecule has 27 heavy (non-hydrogen) atoms. The number of ether oxygens (including phenoxy) is 2. The van der Waals surface area contributed by atoms with Crippen LogP contribution in [0.15, 0.2) is 36.4 Å². The van der Waals surface area contributed by atoms with Gasteiger partial charge in [0.15, 0.2) is 11.5 Å². The van der Waals surface area contributed by atoms with Gasteiger partial charge in [-0.15, -0.1) is 0 Å². The summed E-state index contributed by atoms with van der Waals surface area (Å²) < 4.78 is 10.7. The molecule has 0 radical (unpaired) electrons. The Hall–Kier alpha value is -2.73. The molecule has 3 rings (SSSR count). The predicted octanol–water partition coefficient (Wildman–Crippen LogP) is 4.35. The van der Waals surface area contributed by atoms with Gasteiger partial charge < -0.3 is 20.1 Å². The van der Waals surface area contributed by atoms with E-state index in [9.17, 15) is 9.59 Å². The van der Waals surface area contributed by atoms with Crippen LogP contribution in [0.2, 0.25) is 5.02 Å². The van der Waals surface area contributed by atoms with Crippen LogP contribution >= 0.6 is 11.6 Å². The van der Waals surface area contributed by atoms with Crippen molar-refractivity contribution >= 4 is 34.8 Å². The summed E-state index contributed by atoms with van der Waals surface area (Å²) in [6, 6.07) is 10.1. The van der Waals surface area contributed by atoms with Crippen LogP contribution in [0.5, 0.6) is 11.5 Å². The highest BCUT2D eigenvalue weighted by Crippen LogP contribution is 2.47. The number of carbonyl (C=O) groups excluding carboxylic acids is 2. The Balaban J connectivity index is 1.93. The Morgan fingerprint density at radius 2 is 1.74 bits per heavy atom. The number of benzene rings is 2. The van der Waals surface area contributed by atoms with Crippen molar-refractivity contribution in [2.75, 3.05) is 24.9 Å². The maximum Gasteiger partial charge on any atom is 0.255 e. The first-order valence-corrected chi connectivity index (χ1v) is 8.89. The molecule has 0 heterocycles. The molecular weight excluding hydrogens is 368 g/mol. The Morgan fingerprint density at radius 3 is 2.33 bits per heavy atom. The first kappa shape index (κ1) is 19.0. The first-order valence-electron chi connectivity index (χ1n) is 8.51. The van der Waals surface area contributed by atoms with Crippen molar-refractivity contribution in [3.05, 3.63) is 47.0 Å². The van der Waals surface area contributed by atoms with E-state index in [1.807, 2.05) is 6.92 Å². The van der Waals surface area contributed by atoms with Crippen LogP contribution in [-0.4, -0.2) is 26.0 Å². The number of hydrogen-bond acceptors (Lipinski definition) is 4. The van der Waals surface area contributed by atoms with Crippen LogP contribution < -0.4 is 20.1 Å². The second-order valence-corrected chi connectivity index (χ2v) is 7.12. The van der Waals surface area contributed by atoms with E-state index in [4.69, 9.17) is 21.1 Å². The van der Waals surface area contributed by atoms with E-state index >= 15 is 0 Å². The van der Waals surface area contributed by atoms with Gasteiger partial charge in [-0.1, -0.05) is 30.7 Å². The third kappa shape index (κ3) is 4.01. The lowest BCUT2D eigenvalue weighted by Crippen LogP contribution is -2.22. The Bertz CT molecular complexity index is 894. The standard InChI is InChI=1S/C20H21ClN2O4/c1-20(8-9-20)19(25)23-15-10-12(11-16(26-2)17(15)27-3)18(24)22-14-7-5-4-6-13(14)21/h4-7,10-11H,8-9H2,1-3H3,(H,22,24)(H,23,25). The van der Waals surface area contributed by atoms with Crippen LogP contribution in [0.4, 0.5) is 11.4 Å². The number of carbonyl (C=O) groups is 2. The van der Waals surface area contributed by atoms with Gasteiger partial charge in [-0.25, -0.2) is 0 Å². The number of methoxy groups -OCH3 is 2. The minimum absolute atomic E-state index is 0.105. The molecule has 0 aliphatic heterocycles. The molecule has 1 fully saturated rings. The minimum Gasteiger partial charge on any atom is -0.493 e. The molecule has 1 saturated carbocycles. The third-order valence-corrected chi connectivity index (χ3v) is 4.99. The highest BCUT2D eigenvalue weighted by molar-refractivity contribution is 6.33. The second kappa shape index (κ2) is 7.48. The molecule has 2 amide bonds. The summed E-state index contributed by atoms with van der Waals surface area (Å²) in [5, 5.41) is 6.05. The monoisotopic (exact) mass is 388 g/mol. The smallest absolute Gasteiger partial charge is 0.255 e. The molecular formula is C20H21ClN2O4. The van der Waals surface area contributed by atoms with Gasteiger partial charge in [-0.3, -0.25) is 9.59 Å². The maximum atomic E-state index is 12.7. The summed E-state index contributed by atoms with van der Waals surface area (Å²) in [5.74, 6) is 0.230. The number of amides is 2. The highest BCUT2D eigenvalue weighted by atomic mass is 35.5. The molecule has 2 N–H and O–H groups in total. The Labute approximate surface area is 162 Å². The molecule has 0 unspecified atom stereocenters. The fourth-order valence-corrected chi connectivity index (χ4v) is 2.82. The molecule has 1 aliphatic rings. The molecule has 6 nitrogen and oxygen atoms in total. The van der Waals surface area contributed by atoms with Crippen LogP contribution in [0, 0.1) is 5.41 Å². The predicted molar refractivity (Wildman–Crippen MR) is 105 cm³/mol. The quantitative estimate of drug-likeness (QED) is 0.771. The maximum absolute atomic E-state index is 12.7. The van der Waals surface area contributed by atoms with Crippen LogP contribution in [0.25, 0.3) is 0 Å². The molecule has 0 bridgehead atoms. The topological polar surface area (TPSA) is 76.7 Å². The molecule has 0 saturated heterocycles. The van der Waals surface area contributed by atoms with Crippen molar-refractivity contribution < 1.29 is 19.1 Å². The number of nitrogens with one attached hydrogen (secondary N) is 2. The fourth-order valence-electron chi connectivity index (χ4n) is 2.63. The molecule has 0 spiro atoms. The van der Waals surface area contributed by atoms with Crippen molar-refractivity contribution in [3.63, 3.8) is 0 Å². The number of para-hydroxylation sites is 1. The van der Waals surface area contributed by atoms with Crippen molar-refractivity contribution in [2.24, 2.45) is 5.41 Å². The van der Waals surface area contributed by atoms with Gasteiger partial charge in [0.25, 0.3) is 5.91 Å². The summed E-state index contributed by atoms with van der Waals surface area (Å²) >= 11 is 6.10. The largest absolute Gasteiger partial charge is 0.493 e. The average Bonchev–Trinajstić information content (AvgIpc) is 3.41. The van der Waals surface area contributed by atoms with E-state index in [1.165, 1.54) is 14.2 Å². The second-order valence-electron chi connectivity index (χ2n) is 6.71. The number of halogens is 1. The summed E-state index contributed by atoms with van der Waals surface area (Å²) in [4.78, 5) is 25.2. The van der Waals surface area contributed by atoms with Crippen LogP contribution in [0.1, 0.15) is 30.1 Å². The van der Waals surface area contributed by atoms with Crippen molar-refractivity contribution in [1.29, 1.82) is 0 Å². The van der Waals surface area contributed by atoms with Gasteiger partial charge in [0, 0.05) is 11.0 Å². The molecule has 0 aromatic heterocycles. The number of rotatable bonds is 6. The minimum atomic E-state index is -0.378. The van der Waals surface area contributed by atoms with Gasteiger partial charge in [0.05, 0.1) is 30.6 Å². The van der Waals surface area contributed by atoms with Gasteiger partial charge in [0.1, 0.15) is 0 Å². The lowest BCUT2D eigenvalue weighted by molar-refractivity contribution is -0.120. The van der Waals surface area contributed by atoms with Crippen molar-refractivity contribution in [2.45, 2.75) is 19.8 Å². The Morgan fingerprint density at radius 1 is 1.04 bits per heavy atom. The molecule has 0 atom stereocenters. The molecule has 2 aromatic rings. The SMILES string of the molecule is COc1cc(C(=O)Nc2ccccc2Cl)cc(NC(=O)C2(C)CC2)c1OC. The summed E-state index contributed by atoms with van der Waals surface area (Å²) in [7, 11) is 2.96. The Kier molecular flexibility index (Phi) is 5.28. The van der Waals surface area contributed by atoms with E-state index in [2.05, 4.69) is 10.6 Å². The molecule has 1 aliphatic carbocycles. The summed E-state index contributed by atoms with van der Waals surface area (Å²) in [5.41, 5.74) is 0.826. The molecule has 142 valence electrons. The van der Waals surface area contributed by atoms with Crippen molar-refractivity contribution in [1.82, 2.24) is 0 Å². The zero-order valence-corrected chi connectivity index (χ0v) is 16.1. The van der Waals surface area contributed by atoms with E-state index in [0.717, 1.165) is 12.8 Å². The van der Waals surface area contributed by atoms with Gasteiger partial charge in [-0.2, -0.15) is 0 Å². The normalized spacial score (nSPS) is 14.2. The van der Waals surface area contributed by atoms with E-state index in [-0.39, 0.29) is 17.2 Å². The number of anilines is 2. The summed E-state index contributed by atoms with van der Waals surface area (Å²) in [6.07, 6.45) is 1.68. The van der Waals surface area contributed by atoms with Crippen LogP contribution in [0.3, 0.4) is 0 Å². The molecule has 2 aromatic carbocycles. The first-order chi connectivity index (χ1) is 12.9. The van der Waals surface area contributed by atoms with E-state index in [0.29, 0.717) is 33.5 Å². The van der Waals surface area contributed by atoms with Gasteiger partial charge in [0.2, 0.25) is 5.91 Å². The highest BCUT2D eigenvalue weighted by Gasteiger charge is 2.45. The third-order valence-electron chi connectivity index (χ3n) is 4.66.